The average Bonchev–Trinajstić information content (AvgIpc) is 2.97. The largest absolute Gasteiger partial charge is 0.492 e. The van der Waals surface area contributed by atoms with E-state index in [4.69, 9.17) is 4.74 Å². The number of piperidine rings is 1. The Bertz CT molecular complexity index is 485. The molecule has 0 aliphatic carbocycles. The predicted molar refractivity (Wildman–Crippen MR) is 90.0 cm³/mol. The van der Waals surface area contributed by atoms with E-state index in [-0.39, 0.29) is 11.8 Å². The lowest BCUT2D eigenvalue weighted by atomic mass is 9.75. The first-order chi connectivity index (χ1) is 10.7. The van der Waals surface area contributed by atoms with Crippen LogP contribution in [0.2, 0.25) is 0 Å². The van der Waals surface area contributed by atoms with Gasteiger partial charge in [0.05, 0.1) is 0 Å². The van der Waals surface area contributed by atoms with Gasteiger partial charge in [0.1, 0.15) is 17.8 Å². The molecule has 1 spiro atoms. The average molecular weight is 307 g/mol. The highest BCUT2D eigenvalue weighted by Crippen LogP contribution is 2.43. The maximum Gasteiger partial charge on any atom is 0.240 e. The highest BCUT2D eigenvalue weighted by atomic mass is 16.5. The lowest BCUT2D eigenvalue weighted by Crippen LogP contribution is -2.52. The second-order valence-electron chi connectivity index (χ2n) is 4.24. The van der Waals surface area contributed by atoms with Gasteiger partial charge in [-0.25, -0.2) is 0 Å². The van der Waals surface area contributed by atoms with Crippen LogP contribution in [0.3, 0.4) is 0 Å². The van der Waals surface area contributed by atoms with Gasteiger partial charge in [-0.15, -0.1) is 0 Å². The maximum atomic E-state index is 12.0. The highest BCUT2D eigenvalue weighted by molar-refractivity contribution is 6.04. The molecule has 1 N–H and O–H groups in total. The van der Waals surface area contributed by atoms with Gasteiger partial charge in [0.25, 0.3) is 0 Å². The van der Waals surface area contributed by atoms with Crippen LogP contribution in [-0.2, 0) is 15.0 Å². The van der Waals surface area contributed by atoms with E-state index in [2.05, 4.69) is 5.32 Å². The predicted octanol–water partition coefficient (Wildman–Crippen LogP) is 3.83. The molecule has 1 aromatic carbocycles. The van der Waals surface area contributed by atoms with E-state index >= 15 is 0 Å². The fourth-order valence-corrected chi connectivity index (χ4v) is 2.41. The van der Waals surface area contributed by atoms with E-state index in [1.54, 1.807) is 0 Å². The van der Waals surface area contributed by atoms with Crippen molar-refractivity contribution in [2.24, 2.45) is 0 Å². The molecule has 1 atom stereocenters. The van der Waals surface area contributed by atoms with Crippen LogP contribution in [0, 0.1) is 0 Å². The number of amides is 2. The van der Waals surface area contributed by atoms with E-state index in [1.807, 2.05) is 65.8 Å². The summed E-state index contributed by atoms with van der Waals surface area (Å²) >= 11 is 0. The van der Waals surface area contributed by atoms with Crippen LogP contribution in [0.25, 0.3) is 0 Å². The van der Waals surface area contributed by atoms with E-state index in [1.165, 1.54) is 0 Å². The van der Waals surface area contributed by atoms with Crippen molar-refractivity contribution >= 4 is 11.8 Å². The van der Waals surface area contributed by atoms with E-state index in [0.717, 1.165) is 11.3 Å². The van der Waals surface area contributed by atoms with E-state index < -0.39 is 5.41 Å². The number of carbonyl (C=O) groups excluding carboxylic acids is 2. The molecule has 0 aromatic heterocycles. The second kappa shape index (κ2) is 9.98. The molecule has 0 saturated carbocycles. The summed E-state index contributed by atoms with van der Waals surface area (Å²) in [4.78, 5) is 23.1. The van der Waals surface area contributed by atoms with Gasteiger partial charge in [-0.3, -0.25) is 14.9 Å². The molecule has 2 aliphatic rings. The fraction of sp³-hybridized carbons (Fsp3) is 0.556. The minimum atomic E-state index is -0.648. The zero-order chi connectivity index (χ0) is 17.2. The summed E-state index contributed by atoms with van der Waals surface area (Å²) in [5, 5.41) is 2.40. The number of nitrogens with one attached hydrogen (secondary N) is 1. The van der Waals surface area contributed by atoms with Crippen LogP contribution in [0.15, 0.2) is 24.3 Å². The van der Waals surface area contributed by atoms with Gasteiger partial charge in [0, 0.05) is 12.0 Å². The SMILES string of the molecule is CC.CC.CC.O=C1CCC2(COc3ccccc32)C(=O)N1. The lowest BCUT2D eigenvalue weighted by molar-refractivity contribution is -0.138. The molecular weight excluding hydrogens is 278 g/mol. The molecule has 3 rings (SSSR count). The first-order valence-corrected chi connectivity index (χ1v) is 8.29. The number of fused-ring (bicyclic) bond motifs is 2. The summed E-state index contributed by atoms with van der Waals surface area (Å²) in [5.74, 6) is 0.334. The van der Waals surface area contributed by atoms with Crippen molar-refractivity contribution in [3.8, 4) is 5.75 Å². The Morgan fingerprint density at radius 2 is 1.59 bits per heavy atom. The molecule has 2 heterocycles. The molecule has 0 bridgehead atoms. The van der Waals surface area contributed by atoms with Gasteiger partial charge >= 0.3 is 0 Å². The molecule has 1 saturated heterocycles. The number of imide groups is 1. The van der Waals surface area contributed by atoms with Crippen LogP contribution in [0.4, 0.5) is 0 Å². The quantitative estimate of drug-likeness (QED) is 0.741. The summed E-state index contributed by atoms with van der Waals surface area (Å²) in [7, 11) is 0. The Hall–Kier alpha value is -1.84. The second-order valence-corrected chi connectivity index (χ2v) is 4.24. The van der Waals surface area contributed by atoms with Crippen molar-refractivity contribution < 1.29 is 14.3 Å². The molecule has 0 radical (unpaired) electrons. The number of rotatable bonds is 0. The molecule has 1 unspecified atom stereocenters. The molecule has 1 fully saturated rings. The summed E-state index contributed by atoms with van der Waals surface area (Å²) in [6.45, 7) is 12.3. The van der Waals surface area contributed by atoms with E-state index in [0.29, 0.717) is 19.4 Å². The van der Waals surface area contributed by atoms with Crippen LogP contribution in [0.1, 0.15) is 59.9 Å². The third-order valence-electron chi connectivity index (χ3n) is 3.34. The lowest BCUT2D eigenvalue weighted by Gasteiger charge is -2.29. The Kier molecular flexibility index (Phi) is 9.15. The summed E-state index contributed by atoms with van der Waals surface area (Å²) in [5.41, 5.74) is 0.254. The topological polar surface area (TPSA) is 55.4 Å². The fourth-order valence-electron chi connectivity index (χ4n) is 2.41. The number of benzene rings is 1. The number of para-hydroxylation sites is 1. The van der Waals surface area contributed by atoms with Crippen molar-refractivity contribution in [3.05, 3.63) is 29.8 Å². The van der Waals surface area contributed by atoms with Crippen molar-refractivity contribution in [2.45, 2.75) is 59.8 Å². The maximum absolute atomic E-state index is 12.0. The van der Waals surface area contributed by atoms with Gasteiger partial charge in [-0.1, -0.05) is 59.7 Å². The number of hydrogen-bond acceptors (Lipinski definition) is 3. The molecule has 4 heteroatoms. The summed E-state index contributed by atoms with van der Waals surface area (Å²) in [6, 6.07) is 7.52. The van der Waals surface area contributed by atoms with Crippen LogP contribution in [0.5, 0.6) is 5.75 Å². The number of carbonyl (C=O) groups is 2. The van der Waals surface area contributed by atoms with Crippen molar-refractivity contribution in [3.63, 3.8) is 0 Å². The molecule has 4 nitrogen and oxygen atoms in total. The summed E-state index contributed by atoms with van der Waals surface area (Å²) < 4.78 is 5.53. The van der Waals surface area contributed by atoms with Crippen LogP contribution < -0.4 is 10.1 Å². The summed E-state index contributed by atoms with van der Waals surface area (Å²) in [6.07, 6.45) is 0.915. The highest BCUT2D eigenvalue weighted by Gasteiger charge is 2.49. The standard InChI is InChI=1S/C12H11NO3.3C2H6/c14-10-5-6-12(11(15)13-10)7-16-9-4-2-1-3-8(9)12;3*1-2/h1-4H,5-7H2,(H,13,14,15);3*1-2H3. The van der Waals surface area contributed by atoms with Crippen molar-refractivity contribution in [1.29, 1.82) is 0 Å². The van der Waals surface area contributed by atoms with Crippen molar-refractivity contribution in [1.82, 2.24) is 5.32 Å². The van der Waals surface area contributed by atoms with Crippen LogP contribution in [-0.4, -0.2) is 18.4 Å². The molecular formula is C18H29NO3. The molecule has 124 valence electrons. The van der Waals surface area contributed by atoms with Crippen molar-refractivity contribution in [2.75, 3.05) is 6.61 Å². The normalized spacial score (nSPS) is 20.8. The Labute approximate surface area is 134 Å². The zero-order valence-electron chi connectivity index (χ0n) is 14.7. The molecule has 22 heavy (non-hydrogen) atoms. The molecule has 2 amide bonds. The smallest absolute Gasteiger partial charge is 0.240 e. The Balaban J connectivity index is 0.000000661. The first kappa shape index (κ1) is 20.2. The van der Waals surface area contributed by atoms with Gasteiger partial charge in [0.2, 0.25) is 11.8 Å². The van der Waals surface area contributed by atoms with Gasteiger partial charge in [0.15, 0.2) is 0 Å². The minimum absolute atomic E-state index is 0.194. The minimum Gasteiger partial charge on any atom is -0.492 e. The van der Waals surface area contributed by atoms with Gasteiger partial charge < -0.3 is 4.74 Å². The number of hydrogen-bond donors (Lipinski definition) is 1. The van der Waals surface area contributed by atoms with Crippen LogP contribution >= 0.6 is 0 Å². The molecule has 1 aromatic rings. The first-order valence-electron chi connectivity index (χ1n) is 8.29. The third kappa shape index (κ3) is 3.87. The zero-order valence-corrected chi connectivity index (χ0v) is 14.7. The third-order valence-corrected chi connectivity index (χ3v) is 3.34. The van der Waals surface area contributed by atoms with E-state index in [9.17, 15) is 9.59 Å². The monoisotopic (exact) mass is 307 g/mol. The van der Waals surface area contributed by atoms with Gasteiger partial charge in [-0.2, -0.15) is 0 Å². The Morgan fingerprint density at radius 3 is 2.18 bits per heavy atom. The Morgan fingerprint density at radius 1 is 1.00 bits per heavy atom. The van der Waals surface area contributed by atoms with Gasteiger partial charge in [-0.05, 0) is 12.5 Å². The number of ether oxygens (including phenoxy) is 1. The molecule has 2 aliphatic heterocycles.